The Morgan fingerprint density at radius 3 is 2.33 bits per heavy atom. The van der Waals surface area contributed by atoms with Gasteiger partial charge in [0.2, 0.25) is 0 Å². The molecular weight excluding hydrogens is 293 g/mol. The van der Waals surface area contributed by atoms with Gasteiger partial charge in [0.1, 0.15) is 3.76 Å². The molecule has 6 heteroatoms. The molecule has 0 N–H and O–H groups in total. The lowest BCUT2D eigenvalue weighted by molar-refractivity contribution is -0.605. The van der Waals surface area contributed by atoms with Crippen LogP contribution < -0.4 is 4.73 Å². The third-order valence-corrected chi connectivity index (χ3v) is 5.01. The summed E-state index contributed by atoms with van der Waals surface area (Å²) in [5.41, 5.74) is 0. The van der Waals surface area contributed by atoms with Crippen LogP contribution in [0.5, 0.6) is 0 Å². The quantitative estimate of drug-likeness (QED) is 0.345. The summed E-state index contributed by atoms with van der Waals surface area (Å²) >= 11 is 1.77. The first-order chi connectivity index (χ1) is 5.56. The predicted octanol–water partition coefficient (Wildman–Crippen LogP) is 0.486. The lowest BCUT2D eigenvalue weighted by atomic mass is 10.5. The maximum Gasteiger partial charge on any atom is 0.187 e. The summed E-state index contributed by atoms with van der Waals surface area (Å²) in [5.74, 6) is 0. The molecule has 0 aliphatic carbocycles. The fraction of sp³-hybridized carbons (Fsp3) is 0.167. The van der Waals surface area contributed by atoms with Gasteiger partial charge in [-0.1, -0.05) is 22.6 Å². The molecule has 0 amide bonds. The van der Waals surface area contributed by atoms with Crippen molar-refractivity contribution in [2.75, 3.05) is 3.76 Å². The largest absolute Gasteiger partial charge is 0.619 e. The molecule has 0 radical (unpaired) electrons. The van der Waals surface area contributed by atoms with Crippen molar-refractivity contribution in [1.29, 1.82) is 0 Å². The summed E-state index contributed by atoms with van der Waals surface area (Å²) in [4.78, 5) is 0.184. The van der Waals surface area contributed by atoms with E-state index in [2.05, 4.69) is 0 Å². The normalized spacial score (nSPS) is 11.4. The Balaban J connectivity index is 3.14. The van der Waals surface area contributed by atoms with Crippen LogP contribution in [0.1, 0.15) is 0 Å². The van der Waals surface area contributed by atoms with E-state index in [0.717, 1.165) is 0 Å². The summed E-state index contributed by atoms with van der Waals surface area (Å²) in [6.45, 7) is 0. The molecular formula is C6H6INO3S. The average molecular weight is 299 g/mol. The van der Waals surface area contributed by atoms with Crippen LogP contribution in [0.4, 0.5) is 0 Å². The number of hydrogen-bond acceptors (Lipinski definition) is 3. The highest BCUT2D eigenvalue weighted by Crippen LogP contribution is 2.10. The van der Waals surface area contributed by atoms with E-state index in [4.69, 9.17) is 0 Å². The highest BCUT2D eigenvalue weighted by Gasteiger charge is 2.12. The second-order valence-corrected chi connectivity index (χ2v) is 5.91. The van der Waals surface area contributed by atoms with Crippen LogP contribution in [0.25, 0.3) is 0 Å². The van der Waals surface area contributed by atoms with Gasteiger partial charge < -0.3 is 5.21 Å². The lowest BCUT2D eigenvalue weighted by Gasteiger charge is -1.98. The van der Waals surface area contributed by atoms with E-state index in [1.165, 1.54) is 24.5 Å². The molecule has 0 fully saturated rings. The standard InChI is InChI=1S/C6H6INO3S/c7-5-12(10,11)6-1-3-8(9)4-2-6/h1-4H,5H2. The van der Waals surface area contributed by atoms with Crippen LogP contribution >= 0.6 is 22.6 Å². The molecule has 0 saturated heterocycles. The molecule has 0 unspecified atom stereocenters. The molecule has 0 atom stereocenters. The zero-order valence-corrected chi connectivity index (χ0v) is 8.95. The van der Waals surface area contributed by atoms with Crippen molar-refractivity contribution in [2.45, 2.75) is 4.90 Å². The lowest BCUT2D eigenvalue weighted by Crippen LogP contribution is -2.24. The minimum atomic E-state index is -3.18. The molecule has 0 spiro atoms. The van der Waals surface area contributed by atoms with E-state index in [0.29, 0.717) is 4.73 Å². The van der Waals surface area contributed by atoms with Crippen molar-refractivity contribution in [3.05, 3.63) is 29.7 Å². The molecule has 0 aromatic carbocycles. The Bertz CT molecular complexity index is 359. The van der Waals surface area contributed by atoms with Crippen LogP contribution in [0.15, 0.2) is 29.4 Å². The fourth-order valence-corrected chi connectivity index (χ4v) is 2.41. The number of alkyl halides is 1. The first-order valence-corrected chi connectivity index (χ1v) is 6.21. The van der Waals surface area contributed by atoms with Crippen LogP contribution in [-0.4, -0.2) is 12.2 Å². The summed E-state index contributed by atoms with van der Waals surface area (Å²) in [5, 5.41) is 10.6. The smallest absolute Gasteiger partial charge is 0.187 e. The number of pyridine rings is 1. The number of nitrogens with zero attached hydrogens (tertiary/aromatic N) is 1. The van der Waals surface area contributed by atoms with E-state index in [-0.39, 0.29) is 8.66 Å². The van der Waals surface area contributed by atoms with Gasteiger partial charge in [0.05, 0.1) is 4.90 Å². The number of sulfone groups is 1. The Kier molecular flexibility index (Phi) is 2.89. The van der Waals surface area contributed by atoms with E-state index in [9.17, 15) is 13.6 Å². The van der Waals surface area contributed by atoms with Crippen LogP contribution in [-0.2, 0) is 9.84 Å². The number of rotatable bonds is 2. The highest BCUT2D eigenvalue weighted by atomic mass is 127. The SMILES string of the molecule is O=S(=O)(CI)c1cc[n+]([O-])cc1. The molecule has 0 aliphatic rings. The topological polar surface area (TPSA) is 61.1 Å². The average Bonchev–Trinajstić information content (AvgIpc) is 2.05. The van der Waals surface area contributed by atoms with Gasteiger partial charge in [-0.3, -0.25) is 0 Å². The zero-order valence-electron chi connectivity index (χ0n) is 5.97. The Labute approximate surface area is 83.9 Å². The first kappa shape index (κ1) is 9.72. The van der Waals surface area contributed by atoms with E-state index >= 15 is 0 Å². The molecule has 0 bridgehead atoms. The first-order valence-electron chi connectivity index (χ1n) is 3.04. The van der Waals surface area contributed by atoms with Gasteiger partial charge in [0.25, 0.3) is 0 Å². The van der Waals surface area contributed by atoms with Gasteiger partial charge in [-0.15, -0.1) is 0 Å². The maximum absolute atomic E-state index is 11.2. The molecule has 4 nitrogen and oxygen atoms in total. The Morgan fingerprint density at radius 2 is 1.92 bits per heavy atom. The Morgan fingerprint density at radius 1 is 1.42 bits per heavy atom. The van der Waals surface area contributed by atoms with Crippen LogP contribution in [0, 0.1) is 5.21 Å². The third kappa shape index (κ3) is 2.07. The molecule has 12 heavy (non-hydrogen) atoms. The summed E-state index contributed by atoms with van der Waals surface area (Å²) < 4.78 is 23.0. The summed E-state index contributed by atoms with van der Waals surface area (Å²) in [6, 6.07) is 2.59. The van der Waals surface area contributed by atoms with Gasteiger partial charge >= 0.3 is 0 Å². The van der Waals surface area contributed by atoms with Crippen LogP contribution in [0.3, 0.4) is 0 Å². The Hall–Kier alpha value is -0.370. The number of halogens is 1. The summed E-state index contributed by atoms with van der Waals surface area (Å²) in [6.07, 6.45) is 2.33. The number of aromatic nitrogens is 1. The van der Waals surface area contributed by atoms with E-state index in [1.807, 2.05) is 0 Å². The van der Waals surface area contributed by atoms with Gasteiger partial charge in [-0.05, 0) is 0 Å². The van der Waals surface area contributed by atoms with Gasteiger partial charge in [-0.25, -0.2) is 8.42 Å². The van der Waals surface area contributed by atoms with Gasteiger partial charge in [0, 0.05) is 12.1 Å². The van der Waals surface area contributed by atoms with Crippen LogP contribution in [0.2, 0.25) is 0 Å². The van der Waals surface area contributed by atoms with Gasteiger partial charge in [-0.2, -0.15) is 4.73 Å². The zero-order chi connectivity index (χ0) is 9.19. The highest BCUT2D eigenvalue weighted by molar-refractivity contribution is 14.1. The molecule has 0 saturated carbocycles. The van der Waals surface area contributed by atoms with Crippen molar-refractivity contribution in [3.63, 3.8) is 0 Å². The number of hydrogen-bond donors (Lipinski definition) is 0. The van der Waals surface area contributed by atoms with Gasteiger partial charge in [0.15, 0.2) is 22.2 Å². The minimum absolute atomic E-state index is 0.0215. The molecule has 1 rings (SSSR count). The third-order valence-electron chi connectivity index (χ3n) is 1.27. The predicted molar refractivity (Wildman–Crippen MR) is 51.5 cm³/mol. The molecule has 1 aromatic rings. The molecule has 1 aromatic heterocycles. The maximum atomic E-state index is 11.2. The van der Waals surface area contributed by atoms with Crippen molar-refractivity contribution in [2.24, 2.45) is 0 Å². The second kappa shape index (κ2) is 3.56. The molecule has 66 valence electrons. The van der Waals surface area contributed by atoms with Crippen molar-refractivity contribution in [1.82, 2.24) is 0 Å². The minimum Gasteiger partial charge on any atom is -0.619 e. The van der Waals surface area contributed by atoms with Crippen molar-refractivity contribution < 1.29 is 13.1 Å². The monoisotopic (exact) mass is 299 g/mol. The second-order valence-electron chi connectivity index (χ2n) is 2.12. The van der Waals surface area contributed by atoms with E-state index < -0.39 is 9.84 Å². The fourth-order valence-electron chi connectivity index (χ4n) is 0.669. The van der Waals surface area contributed by atoms with E-state index in [1.54, 1.807) is 22.6 Å². The van der Waals surface area contributed by atoms with Crippen molar-refractivity contribution >= 4 is 32.4 Å². The van der Waals surface area contributed by atoms with Crippen molar-refractivity contribution in [3.8, 4) is 0 Å². The summed E-state index contributed by atoms with van der Waals surface area (Å²) in [7, 11) is -3.18. The molecule has 1 heterocycles. The molecule has 0 aliphatic heterocycles.